The molecule has 224 valence electrons. The standard InChI is InChI=1S/C43H36OP2/c1-31-30-40(46(36-23-12-6-13-24-36)37-25-14-7-15-26-37)41(32(2)43(31)44-3)42-38-27-17-16-18-33(38)28-29-39(42)45(34-19-8-4-9-20-34)35-21-10-5-11-22-35/h4-30H,1-3H3. The Bertz CT molecular complexity index is 2010. The molecule has 0 aliphatic rings. The van der Waals surface area contributed by atoms with Crippen LogP contribution in [0.4, 0.5) is 0 Å². The van der Waals surface area contributed by atoms with Crippen LogP contribution in [-0.4, -0.2) is 7.11 Å². The van der Waals surface area contributed by atoms with Crippen molar-refractivity contribution in [3.05, 3.63) is 175 Å². The topological polar surface area (TPSA) is 9.23 Å². The van der Waals surface area contributed by atoms with E-state index in [0.29, 0.717) is 0 Å². The number of hydrogen-bond donors (Lipinski definition) is 0. The first-order valence-corrected chi connectivity index (χ1v) is 18.3. The fourth-order valence-electron chi connectivity index (χ4n) is 6.62. The van der Waals surface area contributed by atoms with Gasteiger partial charge in [0.25, 0.3) is 0 Å². The number of fused-ring (bicyclic) bond motifs is 1. The Morgan fingerprint density at radius 3 is 1.35 bits per heavy atom. The molecule has 0 N–H and O–H groups in total. The van der Waals surface area contributed by atoms with Gasteiger partial charge in [-0.05, 0) is 101 Å². The maximum atomic E-state index is 6.18. The summed E-state index contributed by atoms with van der Waals surface area (Å²) in [6, 6.07) is 60.2. The van der Waals surface area contributed by atoms with Crippen molar-refractivity contribution in [2.45, 2.75) is 13.8 Å². The van der Waals surface area contributed by atoms with E-state index in [1.54, 1.807) is 7.11 Å². The summed E-state index contributed by atoms with van der Waals surface area (Å²) in [7, 11) is 0.0509. The van der Waals surface area contributed by atoms with Crippen molar-refractivity contribution in [3.63, 3.8) is 0 Å². The minimum absolute atomic E-state index is 0.871. The van der Waals surface area contributed by atoms with Gasteiger partial charge in [0.05, 0.1) is 7.11 Å². The fourth-order valence-corrected chi connectivity index (χ4v) is 11.7. The summed E-state index contributed by atoms with van der Waals surface area (Å²) in [4.78, 5) is 0. The molecule has 7 aromatic carbocycles. The van der Waals surface area contributed by atoms with E-state index in [9.17, 15) is 0 Å². The number of benzene rings is 7. The molecule has 0 fully saturated rings. The van der Waals surface area contributed by atoms with Crippen LogP contribution in [-0.2, 0) is 0 Å². The molecule has 46 heavy (non-hydrogen) atoms. The minimum Gasteiger partial charge on any atom is -0.496 e. The molecular weight excluding hydrogens is 594 g/mol. The van der Waals surface area contributed by atoms with Crippen molar-refractivity contribution in [1.29, 1.82) is 0 Å². The van der Waals surface area contributed by atoms with E-state index in [1.165, 1.54) is 59.3 Å². The summed E-state index contributed by atoms with van der Waals surface area (Å²) < 4.78 is 6.18. The van der Waals surface area contributed by atoms with E-state index in [-0.39, 0.29) is 0 Å². The molecule has 0 spiro atoms. The van der Waals surface area contributed by atoms with Gasteiger partial charge in [-0.2, -0.15) is 0 Å². The lowest BCUT2D eigenvalue weighted by Crippen LogP contribution is -2.27. The normalized spacial score (nSPS) is 11.3. The highest BCUT2D eigenvalue weighted by atomic mass is 31.1. The van der Waals surface area contributed by atoms with Crippen LogP contribution in [0.2, 0.25) is 0 Å². The number of aryl methyl sites for hydroxylation is 1. The van der Waals surface area contributed by atoms with Crippen LogP contribution in [0.15, 0.2) is 164 Å². The molecule has 0 aromatic heterocycles. The molecule has 0 radical (unpaired) electrons. The third-order valence-electron chi connectivity index (χ3n) is 8.58. The highest BCUT2D eigenvalue weighted by molar-refractivity contribution is 7.80. The van der Waals surface area contributed by atoms with E-state index < -0.39 is 15.8 Å². The molecule has 0 aliphatic heterocycles. The van der Waals surface area contributed by atoms with Crippen molar-refractivity contribution in [2.24, 2.45) is 0 Å². The Kier molecular flexibility index (Phi) is 8.81. The molecule has 7 rings (SSSR count). The second-order valence-electron chi connectivity index (χ2n) is 11.4. The van der Waals surface area contributed by atoms with Crippen LogP contribution >= 0.6 is 15.8 Å². The second kappa shape index (κ2) is 13.4. The van der Waals surface area contributed by atoms with Gasteiger partial charge in [-0.1, -0.05) is 158 Å². The Balaban J connectivity index is 1.64. The molecule has 0 unspecified atom stereocenters. The lowest BCUT2D eigenvalue weighted by molar-refractivity contribution is 0.409. The predicted molar refractivity (Wildman–Crippen MR) is 203 cm³/mol. The molecule has 1 nitrogen and oxygen atoms in total. The molecule has 0 atom stereocenters. The van der Waals surface area contributed by atoms with Gasteiger partial charge in [0, 0.05) is 0 Å². The summed E-state index contributed by atoms with van der Waals surface area (Å²) in [5.74, 6) is 0.956. The summed E-state index contributed by atoms with van der Waals surface area (Å²) in [6.45, 7) is 4.44. The van der Waals surface area contributed by atoms with Crippen molar-refractivity contribution in [1.82, 2.24) is 0 Å². The maximum Gasteiger partial charge on any atom is 0.125 e. The van der Waals surface area contributed by atoms with Gasteiger partial charge in [-0.3, -0.25) is 0 Å². The molecule has 0 amide bonds. The van der Waals surface area contributed by atoms with Crippen LogP contribution in [0, 0.1) is 13.8 Å². The summed E-state index contributed by atoms with van der Waals surface area (Å²) in [6.07, 6.45) is 0. The highest BCUT2D eigenvalue weighted by Gasteiger charge is 2.29. The first-order valence-electron chi connectivity index (χ1n) is 15.7. The summed E-state index contributed by atoms with van der Waals surface area (Å²) in [5.41, 5.74) is 4.94. The third-order valence-corrected chi connectivity index (χ3v) is 13.5. The average Bonchev–Trinajstić information content (AvgIpc) is 3.11. The molecular formula is C43H36OP2. The molecule has 0 saturated carbocycles. The van der Waals surface area contributed by atoms with Crippen molar-refractivity contribution >= 4 is 58.4 Å². The Morgan fingerprint density at radius 1 is 0.435 bits per heavy atom. The average molecular weight is 631 g/mol. The minimum atomic E-state index is -0.884. The van der Waals surface area contributed by atoms with Crippen LogP contribution in [0.3, 0.4) is 0 Å². The van der Waals surface area contributed by atoms with Crippen LogP contribution in [0.5, 0.6) is 5.75 Å². The smallest absolute Gasteiger partial charge is 0.125 e. The summed E-state index contributed by atoms with van der Waals surface area (Å²) in [5, 5.41) is 10.6. The van der Waals surface area contributed by atoms with Gasteiger partial charge < -0.3 is 4.74 Å². The molecule has 0 bridgehead atoms. The van der Waals surface area contributed by atoms with Gasteiger partial charge >= 0.3 is 0 Å². The molecule has 3 heteroatoms. The van der Waals surface area contributed by atoms with Gasteiger partial charge in [-0.25, -0.2) is 0 Å². The van der Waals surface area contributed by atoms with Crippen molar-refractivity contribution < 1.29 is 4.74 Å². The molecule has 7 aromatic rings. The molecule has 0 saturated heterocycles. The quantitative estimate of drug-likeness (QED) is 0.153. The van der Waals surface area contributed by atoms with E-state index in [1.807, 2.05) is 0 Å². The van der Waals surface area contributed by atoms with E-state index in [2.05, 4.69) is 178 Å². The Hall–Kier alpha value is -4.54. The van der Waals surface area contributed by atoms with Gasteiger partial charge in [0.2, 0.25) is 0 Å². The van der Waals surface area contributed by atoms with E-state index in [0.717, 1.165) is 11.3 Å². The third kappa shape index (κ3) is 5.67. The van der Waals surface area contributed by atoms with E-state index >= 15 is 0 Å². The van der Waals surface area contributed by atoms with E-state index in [4.69, 9.17) is 4.74 Å². The number of methoxy groups -OCH3 is 1. The fraction of sp³-hybridized carbons (Fsp3) is 0.0698. The second-order valence-corrected chi connectivity index (χ2v) is 15.8. The van der Waals surface area contributed by atoms with Gasteiger partial charge in [0.1, 0.15) is 5.75 Å². The highest BCUT2D eigenvalue weighted by Crippen LogP contribution is 2.46. The maximum absolute atomic E-state index is 6.18. The SMILES string of the molecule is COc1c(C)cc(P(c2ccccc2)c2ccccc2)c(-c2c(P(c3ccccc3)c3ccccc3)ccc3ccccc23)c1C. The molecule has 0 aliphatic carbocycles. The summed E-state index contributed by atoms with van der Waals surface area (Å²) >= 11 is 0. The van der Waals surface area contributed by atoms with Gasteiger partial charge in [-0.15, -0.1) is 0 Å². The van der Waals surface area contributed by atoms with Crippen molar-refractivity contribution in [3.8, 4) is 16.9 Å². The number of hydrogen-bond acceptors (Lipinski definition) is 1. The zero-order chi connectivity index (χ0) is 31.5. The number of ether oxygens (including phenoxy) is 1. The predicted octanol–water partition coefficient (Wildman–Crippen LogP) is 8.65. The Morgan fingerprint density at radius 2 is 0.870 bits per heavy atom. The zero-order valence-corrected chi connectivity index (χ0v) is 28.2. The lowest BCUT2D eigenvalue weighted by Gasteiger charge is -2.29. The Labute approximate surface area is 275 Å². The zero-order valence-electron chi connectivity index (χ0n) is 26.4. The largest absolute Gasteiger partial charge is 0.496 e. The lowest BCUT2D eigenvalue weighted by atomic mass is 9.93. The number of rotatable bonds is 8. The van der Waals surface area contributed by atoms with Crippen molar-refractivity contribution in [2.75, 3.05) is 7.11 Å². The van der Waals surface area contributed by atoms with Gasteiger partial charge in [0.15, 0.2) is 0 Å². The first-order chi connectivity index (χ1) is 22.7. The van der Waals surface area contributed by atoms with Crippen LogP contribution < -0.4 is 36.6 Å². The monoisotopic (exact) mass is 630 g/mol. The molecule has 0 heterocycles. The first kappa shape index (κ1) is 30.1. The van der Waals surface area contributed by atoms with Crippen LogP contribution in [0.1, 0.15) is 11.1 Å². The van der Waals surface area contributed by atoms with Crippen LogP contribution in [0.25, 0.3) is 21.9 Å².